The lowest BCUT2D eigenvalue weighted by Crippen LogP contribution is -2.46. The Morgan fingerprint density at radius 1 is 1.31 bits per heavy atom. The summed E-state index contributed by atoms with van der Waals surface area (Å²) in [5, 5.41) is 6.67. The minimum Gasteiger partial charge on any atom is -0.322 e. The van der Waals surface area contributed by atoms with E-state index in [1.165, 1.54) is 26.8 Å². The lowest BCUT2D eigenvalue weighted by Gasteiger charge is -2.35. The highest BCUT2D eigenvalue weighted by Crippen LogP contribution is 2.23. The predicted octanol–water partition coefficient (Wildman–Crippen LogP) is 3.84. The molecule has 0 aromatic carbocycles. The van der Waals surface area contributed by atoms with Crippen molar-refractivity contribution in [2.75, 3.05) is 11.9 Å². The third kappa shape index (κ3) is 3.52. The smallest absolute Gasteiger partial charge is 0.322 e. The standard InChI is InChI=1S/C18H20N4O2S2/c23-16-15(12-19-18-22(16)9-11-26-18)20-17(24)21-8-2-1-4-13(21)6-7-14-5-3-10-25-14/h3,5,9-13H,1-2,4,6-8H2,(H,20,24)/t13-/m0/s1. The fourth-order valence-electron chi connectivity index (χ4n) is 3.43. The molecular weight excluding hydrogens is 368 g/mol. The van der Waals surface area contributed by atoms with E-state index in [9.17, 15) is 9.59 Å². The van der Waals surface area contributed by atoms with Gasteiger partial charge in [-0.15, -0.1) is 22.7 Å². The molecule has 0 saturated carbocycles. The summed E-state index contributed by atoms with van der Waals surface area (Å²) in [6.07, 6.45) is 8.23. The van der Waals surface area contributed by atoms with E-state index in [0.29, 0.717) is 4.96 Å². The van der Waals surface area contributed by atoms with Crippen LogP contribution in [0.4, 0.5) is 10.5 Å². The number of nitrogens with one attached hydrogen (secondary N) is 1. The molecule has 0 spiro atoms. The summed E-state index contributed by atoms with van der Waals surface area (Å²) < 4.78 is 1.46. The summed E-state index contributed by atoms with van der Waals surface area (Å²) in [5.74, 6) is 0. The number of carbonyl (C=O) groups excluding carboxylic acids is 1. The van der Waals surface area contributed by atoms with Crippen molar-refractivity contribution in [2.24, 2.45) is 0 Å². The Kier molecular flexibility index (Phi) is 5.03. The summed E-state index contributed by atoms with van der Waals surface area (Å²) in [4.78, 5) is 33.4. The Morgan fingerprint density at radius 2 is 2.23 bits per heavy atom. The van der Waals surface area contributed by atoms with Crippen molar-refractivity contribution in [3.05, 3.63) is 50.5 Å². The van der Waals surface area contributed by atoms with Crippen molar-refractivity contribution in [3.63, 3.8) is 0 Å². The summed E-state index contributed by atoms with van der Waals surface area (Å²) in [6.45, 7) is 0.733. The second-order valence-electron chi connectivity index (χ2n) is 6.42. The van der Waals surface area contributed by atoms with Gasteiger partial charge in [0, 0.05) is 29.0 Å². The van der Waals surface area contributed by atoms with E-state index < -0.39 is 0 Å². The van der Waals surface area contributed by atoms with Gasteiger partial charge >= 0.3 is 6.03 Å². The molecule has 1 aliphatic heterocycles. The number of fused-ring (bicyclic) bond motifs is 1. The van der Waals surface area contributed by atoms with Gasteiger partial charge in [0.25, 0.3) is 5.56 Å². The number of nitrogens with zero attached hydrogens (tertiary/aromatic N) is 3. The van der Waals surface area contributed by atoms with Gasteiger partial charge in [-0.2, -0.15) is 0 Å². The number of thiazole rings is 1. The number of hydrogen-bond acceptors (Lipinski definition) is 5. The molecule has 8 heteroatoms. The van der Waals surface area contributed by atoms with E-state index in [-0.39, 0.29) is 23.3 Å². The van der Waals surface area contributed by atoms with Crippen LogP contribution in [0.2, 0.25) is 0 Å². The number of rotatable bonds is 4. The lowest BCUT2D eigenvalue weighted by molar-refractivity contribution is 0.158. The van der Waals surface area contributed by atoms with Gasteiger partial charge in [0.1, 0.15) is 5.69 Å². The van der Waals surface area contributed by atoms with Crippen molar-refractivity contribution in [2.45, 2.75) is 38.1 Å². The Hall–Kier alpha value is -2.19. The van der Waals surface area contributed by atoms with Gasteiger partial charge in [0.15, 0.2) is 4.96 Å². The van der Waals surface area contributed by atoms with Crippen LogP contribution in [0, 0.1) is 0 Å². The van der Waals surface area contributed by atoms with Crippen LogP contribution >= 0.6 is 22.7 Å². The van der Waals surface area contributed by atoms with Gasteiger partial charge in [-0.05, 0) is 43.6 Å². The van der Waals surface area contributed by atoms with Gasteiger partial charge in [0.05, 0.1) is 6.20 Å². The number of thiophene rings is 1. The van der Waals surface area contributed by atoms with Crippen LogP contribution in [-0.4, -0.2) is 32.9 Å². The van der Waals surface area contributed by atoms with Crippen molar-refractivity contribution in [3.8, 4) is 0 Å². The maximum Gasteiger partial charge on any atom is 0.322 e. The zero-order chi connectivity index (χ0) is 17.9. The third-order valence-electron chi connectivity index (χ3n) is 4.78. The molecule has 0 aliphatic carbocycles. The van der Waals surface area contributed by atoms with E-state index in [2.05, 4.69) is 27.8 Å². The highest BCUT2D eigenvalue weighted by molar-refractivity contribution is 7.15. The van der Waals surface area contributed by atoms with Crippen molar-refractivity contribution in [1.29, 1.82) is 0 Å². The summed E-state index contributed by atoms with van der Waals surface area (Å²) in [5.41, 5.74) is -0.00905. The molecule has 0 bridgehead atoms. The van der Waals surface area contributed by atoms with E-state index in [0.717, 1.165) is 38.6 Å². The van der Waals surface area contributed by atoms with Crippen LogP contribution in [0.25, 0.3) is 4.96 Å². The second kappa shape index (κ2) is 7.59. The highest BCUT2D eigenvalue weighted by atomic mass is 32.1. The maximum absolute atomic E-state index is 12.8. The molecule has 3 aromatic rings. The van der Waals surface area contributed by atoms with Gasteiger partial charge in [-0.3, -0.25) is 9.20 Å². The number of likely N-dealkylation sites (tertiary alicyclic amines) is 1. The molecule has 4 rings (SSSR count). The quantitative estimate of drug-likeness (QED) is 0.738. The average Bonchev–Trinajstić information content (AvgIpc) is 3.34. The third-order valence-corrected chi connectivity index (χ3v) is 6.48. The Bertz CT molecular complexity index is 948. The van der Waals surface area contributed by atoms with Crippen molar-refractivity contribution in [1.82, 2.24) is 14.3 Å². The first-order valence-corrected chi connectivity index (χ1v) is 10.5. The van der Waals surface area contributed by atoms with Crippen LogP contribution in [0.1, 0.15) is 30.6 Å². The predicted molar refractivity (Wildman–Crippen MR) is 105 cm³/mol. The SMILES string of the molecule is O=C(Nc1cnc2sccn2c1=O)N1CCCC[C@H]1CCc1cccs1. The monoisotopic (exact) mass is 388 g/mol. The van der Waals surface area contributed by atoms with Gasteiger partial charge < -0.3 is 10.2 Å². The van der Waals surface area contributed by atoms with Crippen LogP contribution in [0.5, 0.6) is 0 Å². The fourth-order valence-corrected chi connectivity index (χ4v) is 4.83. The summed E-state index contributed by atoms with van der Waals surface area (Å²) in [6, 6.07) is 4.22. The normalized spacial score (nSPS) is 17.5. The van der Waals surface area contributed by atoms with Crippen molar-refractivity contribution < 1.29 is 4.79 Å². The first-order valence-electron chi connectivity index (χ1n) is 8.77. The maximum atomic E-state index is 12.8. The minimum atomic E-state index is -0.239. The van der Waals surface area contributed by atoms with E-state index in [1.54, 1.807) is 22.9 Å². The van der Waals surface area contributed by atoms with Gasteiger partial charge in [-0.25, -0.2) is 9.78 Å². The number of aromatic nitrogens is 2. The summed E-state index contributed by atoms with van der Waals surface area (Å²) in [7, 11) is 0. The minimum absolute atomic E-state index is 0.199. The molecule has 1 atom stereocenters. The molecule has 0 radical (unpaired) electrons. The number of urea groups is 1. The van der Waals surface area contributed by atoms with Crippen LogP contribution in [0.3, 0.4) is 0 Å². The highest BCUT2D eigenvalue weighted by Gasteiger charge is 2.27. The number of aryl methyl sites for hydroxylation is 1. The second-order valence-corrected chi connectivity index (χ2v) is 8.33. The van der Waals surface area contributed by atoms with E-state index in [4.69, 9.17) is 0 Å². The Morgan fingerprint density at radius 3 is 3.08 bits per heavy atom. The molecule has 4 heterocycles. The molecule has 1 saturated heterocycles. The topological polar surface area (TPSA) is 66.7 Å². The molecule has 6 nitrogen and oxygen atoms in total. The molecule has 136 valence electrons. The van der Waals surface area contributed by atoms with E-state index >= 15 is 0 Å². The molecular formula is C18H20N4O2S2. The number of anilines is 1. The lowest BCUT2D eigenvalue weighted by atomic mass is 9.98. The van der Waals surface area contributed by atoms with Crippen molar-refractivity contribution >= 4 is 39.4 Å². The Balaban J connectivity index is 1.47. The first kappa shape index (κ1) is 17.2. The first-order chi connectivity index (χ1) is 12.7. The van der Waals surface area contributed by atoms with Gasteiger partial charge in [0.2, 0.25) is 0 Å². The molecule has 0 unspecified atom stereocenters. The van der Waals surface area contributed by atoms with Crippen LogP contribution in [-0.2, 0) is 6.42 Å². The van der Waals surface area contributed by atoms with Crippen LogP contribution in [0.15, 0.2) is 40.1 Å². The zero-order valence-corrected chi connectivity index (χ0v) is 15.9. The number of piperidine rings is 1. The molecule has 3 aromatic heterocycles. The molecule has 1 N–H and O–H groups in total. The molecule has 1 aliphatic rings. The molecule has 26 heavy (non-hydrogen) atoms. The van der Waals surface area contributed by atoms with Gasteiger partial charge in [-0.1, -0.05) is 6.07 Å². The molecule has 1 fully saturated rings. The largest absolute Gasteiger partial charge is 0.322 e. The van der Waals surface area contributed by atoms with Crippen LogP contribution < -0.4 is 10.9 Å². The molecule has 2 amide bonds. The number of hydrogen-bond donors (Lipinski definition) is 1. The average molecular weight is 389 g/mol. The number of carbonyl (C=O) groups is 1. The number of amides is 2. The Labute approximate surface area is 159 Å². The fraction of sp³-hybridized carbons (Fsp3) is 0.389. The zero-order valence-electron chi connectivity index (χ0n) is 14.3. The van der Waals surface area contributed by atoms with E-state index in [1.807, 2.05) is 4.90 Å². The summed E-state index contributed by atoms with van der Waals surface area (Å²) >= 11 is 3.15.